The lowest BCUT2D eigenvalue weighted by atomic mass is 10.1. The topological polar surface area (TPSA) is 55.2 Å². The maximum Gasteiger partial charge on any atom is 0.316 e. The van der Waals surface area contributed by atoms with Crippen LogP contribution in [-0.4, -0.2) is 27.3 Å². The largest absolute Gasteiger partial charge is 0.457 e. The van der Waals surface area contributed by atoms with Crippen molar-refractivity contribution >= 4 is 0 Å². The Kier molecular flexibility index (Phi) is 7.51. The summed E-state index contributed by atoms with van der Waals surface area (Å²) in [6.45, 7) is 12.3. The lowest BCUT2D eigenvalue weighted by Gasteiger charge is -2.23. The molecule has 4 heteroatoms. The van der Waals surface area contributed by atoms with Crippen molar-refractivity contribution in [2.75, 3.05) is 6.61 Å². The van der Waals surface area contributed by atoms with Gasteiger partial charge in [-0.3, -0.25) is 0 Å². The number of aliphatic hydroxyl groups excluding tert-OH is 1. The fourth-order valence-corrected chi connectivity index (χ4v) is 1.00. The summed E-state index contributed by atoms with van der Waals surface area (Å²) in [5.74, 6) is 0.833. The van der Waals surface area contributed by atoms with Gasteiger partial charge in [0.1, 0.15) is 5.60 Å². The number of aliphatic hydroxyl groups is 1. The average molecular weight is 254 g/mol. The third-order valence-electron chi connectivity index (χ3n) is 1.84. The summed E-state index contributed by atoms with van der Waals surface area (Å²) in [6.07, 6.45) is 3.97. The zero-order valence-corrected chi connectivity index (χ0v) is 12.4. The van der Waals surface area contributed by atoms with Crippen LogP contribution in [0.15, 0.2) is 12.4 Å². The molecule has 0 aliphatic carbocycles. The molecular weight excluding hydrogens is 228 g/mol. The fraction of sp³-hybridized carbons (Fsp3) is 0.714. The lowest BCUT2D eigenvalue weighted by Crippen LogP contribution is -2.30. The molecule has 0 aromatic carbocycles. The Labute approximate surface area is 110 Å². The first kappa shape index (κ1) is 16.8. The Balaban J connectivity index is 0.000000631. The molecule has 1 aromatic heterocycles. The molecule has 0 aliphatic rings. The third-order valence-corrected chi connectivity index (χ3v) is 1.84. The van der Waals surface area contributed by atoms with E-state index < -0.39 is 5.60 Å². The fourth-order valence-electron chi connectivity index (χ4n) is 1.00. The molecule has 18 heavy (non-hydrogen) atoms. The van der Waals surface area contributed by atoms with E-state index in [1.807, 2.05) is 20.8 Å². The molecule has 4 nitrogen and oxygen atoms in total. The molecule has 0 saturated heterocycles. The Morgan fingerprint density at radius 1 is 1.22 bits per heavy atom. The molecule has 0 fully saturated rings. The van der Waals surface area contributed by atoms with Crippen molar-refractivity contribution in [3.63, 3.8) is 0 Å². The van der Waals surface area contributed by atoms with Crippen molar-refractivity contribution in [3.8, 4) is 6.01 Å². The number of hydrogen-bond acceptors (Lipinski definition) is 4. The highest BCUT2D eigenvalue weighted by Crippen LogP contribution is 2.16. The van der Waals surface area contributed by atoms with Crippen LogP contribution in [-0.2, 0) is 0 Å². The standard InChI is InChI=1S/C10H16N2O2.C4H10/c1-8-6-11-9(12-7-8)14-10(2,3)4-5-13;1-4(2)3/h6-7,13H,4-5H2,1-3H3;4H,1-3H3. The van der Waals surface area contributed by atoms with E-state index >= 15 is 0 Å². The van der Waals surface area contributed by atoms with Crippen molar-refractivity contribution in [1.82, 2.24) is 9.97 Å². The number of hydrogen-bond donors (Lipinski definition) is 1. The maximum atomic E-state index is 8.80. The first-order valence-electron chi connectivity index (χ1n) is 6.35. The van der Waals surface area contributed by atoms with Gasteiger partial charge in [-0.25, -0.2) is 9.97 Å². The van der Waals surface area contributed by atoms with E-state index in [-0.39, 0.29) is 6.61 Å². The van der Waals surface area contributed by atoms with Crippen molar-refractivity contribution in [1.29, 1.82) is 0 Å². The minimum Gasteiger partial charge on any atom is -0.457 e. The van der Waals surface area contributed by atoms with Crippen molar-refractivity contribution in [3.05, 3.63) is 18.0 Å². The van der Waals surface area contributed by atoms with Crippen LogP contribution in [0.25, 0.3) is 0 Å². The number of rotatable bonds is 4. The molecular formula is C14H26N2O2. The normalized spacial score (nSPS) is 10.9. The van der Waals surface area contributed by atoms with E-state index in [1.165, 1.54) is 0 Å². The highest BCUT2D eigenvalue weighted by atomic mass is 16.5. The number of aromatic nitrogens is 2. The van der Waals surface area contributed by atoms with Crippen LogP contribution in [0.2, 0.25) is 0 Å². The zero-order chi connectivity index (χ0) is 14.2. The highest BCUT2D eigenvalue weighted by Gasteiger charge is 2.20. The molecule has 104 valence electrons. The van der Waals surface area contributed by atoms with Gasteiger partial charge in [-0.05, 0) is 32.3 Å². The van der Waals surface area contributed by atoms with E-state index in [9.17, 15) is 0 Å². The molecule has 1 aromatic rings. The summed E-state index contributed by atoms with van der Waals surface area (Å²) in [5.41, 5.74) is 0.571. The third kappa shape index (κ3) is 8.93. The van der Waals surface area contributed by atoms with Crippen LogP contribution >= 0.6 is 0 Å². The Morgan fingerprint density at radius 2 is 1.67 bits per heavy atom. The predicted molar refractivity (Wildman–Crippen MR) is 73.7 cm³/mol. The molecule has 0 amide bonds. The van der Waals surface area contributed by atoms with Gasteiger partial charge in [0.2, 0.25) is 0 Å². The molecule has 0 radical (unpaired) electrons. The van der Waals surface area contributed by atoms with Gasteiger partial charge in [0.15, 0.2) is 0 Å². The van der Waals surface area contributed by atoms with E-state index in [4.69, 9.17) is 9.84 Å². The van der Waals surface area contributed by atoms with Crippen LogP contribution in [0.5, 0.6) is 6.01 Å². The van der Waals surface area contributed by atoms with E-state index in [0.29, 0.717) is 12.4 Å². The molecule has 0 aliphatic heterocycles. The van der Waals surface area contributed by atoms with Gasteiger partial charge in [0.25, 0.3) is 0 Å². The molecule has 1 heterocycles. The summed E-state index contributed by atoms with van der Waals surface area (Å²) >= 11 is 0. The average Bonchev–Trinajstić information content (AvgIpc) is 2.20. The molecule has 0 spiro atoms. The van der Waals surface area contributed by atoms with Crippen LogP contribution in [0, 0.1) is 12.8 Å². The van der Waals surface area contributed by atoms with Gasteiger partial charge in [-0.1, -0.05) is 20.8 Å². The minimum absolute atomic E-state index is 0.0961. The predicted octanol–water partition coefficient (Wildman–Crippen LogP) is 2.99. The van der Waals surface area contributed by atoms with E-state index in [2.05, 4.69) is 30.7 Å². The SMILES string of the molecule is CC(C)C.Cc1cnc(OC(C)(C)CCO)nc1. The number of aryl methyl sites for hydroxylation is 1. The van der Waals surface area contributed by atoms with E-state index in [1.54, 1.807) is 12.4 Å². The van der Waals surface area contributed by atoms with Crippen LogP contribution in [0.3, 0.4) is 0 Å². The first-order chi connectivity index (χ1) is 8.26. The number of nitrogens with zero attached hydrogens (tertiary/aromatic N) is 2. The summed E-state index contributed by atoms with van der Waals surface area (Å²) in [5, 5.41) is 8.80. The highest BCUT2D eigenvalue weighted by molar-refractivity contribution is 5.05. The van der Waals surface area contributed by atoms with Crippen molar-refractivity contribution in [2.24, 2.45) is 5.92 Å². The quantitative estimate of drug-likeness (QED) is 0.897. The Bertz CT molecular complexity index is 318. The van der Waals surface area contributed by atoms with Gasteiger partial charge >= 0.3 is 6.01 Å². The van der Waals surface area contributed by atoms with Gasteiger partial charge in [-0.15, -0.1) is 0 Å². The van der Waals surface area contributed by atoms with Crippen LogP contribution in [0.4, 0.5) is 0 Å². The second-order valence-corrected chi connectivity index (χ2v) is 5.61. The smallest absolute Gasteiger partial charge is 0.316 e. The number of ether oxygens (including phenoxy) is 1. The molecule has 0 atom stereocenters. The van der Waals surface area contributed by atoms with Crippen LogP contribution in [0.1, 0.15) is 46.6 Å². The second kappa shape index (κ2) is 8.03. The van der Waals surface area contributed by atoms with Crippen molar-refractivity contribution in [2.45, 2.75) is 53.6 Å². The summed E-state index contributed by atoms with van der Waals surface area (Å²) in [7, 11) is 0. The molecule has 1 N–H and O–H groups in total. The summed E-state index contributed by atoms with van der Waals surface area (Å²) in [4.78, 5) is 8.06. The van der Waals surface area contributed by atoms with Gasteiger partial charge in [0.05, 0.1) is 0 Å². The van der Waals surface area contributed by atoms with Crippen LogP contribution < -0.4 is 4.74 Å². The lowest BCUT2D eigenvalue weighted by molar-refractivity contribution is 0.0664. The van der Waals surface area contributed by atoms with E-state index in [0.717, 1.165) is 11.5 Å². The maximum absolute atomic E-state index is 8.80. The van der Waals surface area contributed by atoms with Crippen molar-refractivity contribution < 1.29 is 9.84 Å². The summed E-state index contributed by atoms with van der Waals surface area (Å²) < 4.78 is 5.52. The zero-order valence-electron chi connectivity index (χ0n) is 12.4. The Morgan fingerprint density at radius 3 is 2.06 bits per heavy atom. The minimum atomic E-state index is -0.427. The molecule has 1 rings (SSSR count). The van der Waals surface area contributed by atoms with Gasteiger partial charge in [0, 0.05) is 25.4 Å². The van der Waals surface area contributed by atoms with Gasteiger partial charge < -0.3 is 9.84 Å². The molecule has 0 bridgehead atoms. The second-order valence-electron chi connectivity index (χ2n) is 5.61. The van der Waals surface area contributed by atoms with Gasteiger partial charge in [-0.2, -0.15) is 0 Å². The molecule has 0 saturated carbocycles. The molecule has 0 unspecified atom stereocenters. The monoisotopic (exact) mass is 254 g/mol. The summed E-state index contributed by atoms with van der Waals surface area (Å²) in [6, 6.07) is 0.356. The Hall–Kier alpha value is -1.16. The first-order valence-corrected chi connectivity index (χ1v) is 6.35.